The van der Waals surface area contributed by atoms with E-state index in [1.54, 1.807) is 0 Å². The molecule has 1 N–H and O–H groups in total. The van der Waals surface area contributed by atoms with Gasteiger partial charge in [0.15, 0.2) is 0 Å². The summed E-state index contributed by atoms with van der Waals surface area (Å²) >= 11 is 0. The van der Waals surface area contributed by atoms with Crippen molar-refractivity contribution >= 4 is 5.69 Å². The monoisotopic (exact) mass is 218 g/mol. The molecule has 16 heavy (non-hydrogen) atoms. The van der Waals surface area contributed by atoms with Crippen LogP contribution in [0.1, 0.15) is 25.0 Å². The third-order valence-electron chi connectivity index (χ3n) is 3.47. The van der Waals surface area contributed by atoms with Crippen LogP contribution in [0.2, 0.25) is 0 Å². The maximum Gasteiger partial charge on any atom is 0.0404 e. The summed E-state index contributed by atoms with van der Waals surface area (Å²) in [5.74, 6) is 0. The van der Waals surface area contributed by atoms with Crippen LogP contribution in [0.4, 0.5) is 5.69 Å². The fraction of sp³-hybridized carbons (Fsp3) is 0.571. The fourth-order valence-electron chi connectivity index (χ4n) is 2.60. The number of nitrogens with zero attached hydrogens (tertiary/aromatic N) is 1. The minimum atomic E-state index is 0.573. The van der Waals surface area contributed by atoms with Crippen molar-refractivity contribution in [3.8, 4) is 0 Å². The smallest absolute Gasteiger partial charge is 0.0404 e. The van der Waals surface area contributed by atoms with E-state index in [1.165, 1.54) is 16.8 Å². The highest BCUT2D eigenvalue weighted by Gasteiger charge is 2.25. The molecule has 1 aromatic rings. The van der Waals surface area contributed by atoms with Crippen molar-refractivity contribution in [2.45, 2.75) is 39.8 Å². The van der Waals surface area contributed by atoms with Gasteiger partial charge in [0.25, 0.3) is 0 Å². The lowest BCUT2D eigenvalue weighted by Gasteiger charge is -2.42. The molecular weight excluding hydrogens is 196 g/mol. The lowest BCUT2D eigenvalue weighted by atomic mass is 10.0. The van der Waals surface area contributed by atoms with Gasteiger partial charge in [-0.2, -0.15) is 0 Å². The first-order valence-electron chi connectivity index (χ1n) is 6.16. The summed E-state index contributed by atoms with van der Waals surface area (Å²) in [5.41, 5.74) is 4.13. The summed E-state index contributed by atoms with van der Waals surface area (Å²) in [6.07, 6.45) is 0. The van der Waals surface area contributed by atoms with Gasteiger partial charge in [-0.05, 0) is 44.9 Å². The number of anilines is 1. The van der Waals surface area contributed by atoms with Crippen LogP contribution in [0.5, 0.6) is 0 Å². The van der Waals surface area contributed by atoms with Gasteiger partial charge in [-0.1, -0.05) is 12.1 Å². The second kappa shape index (κ2) is 4.46. The standard InChI is InChI=1S/C14H22N2/c1-10-5-6-11(2)14(7-10)16-12(3)8-15-9-13(16)4/h5-7,12-13,15H,8-9H2,1-4H3. The Kier molecular flexibility index (Phi) is 3.20. The van der Waals surface area contributed by atoms with Crippen LogP contribution in [-0.4, -0.2) is 25.2 Å². The predicted octanol–water partition coefficient (Wildman–Crippen LogP) is 2.49. The second-order valence-corrected chi connectivity index (χ2v) is 5.05. The average Bonchev–Trinajstić information content (AvgIpc) is 2.23. The Morgan fingerprint density at radius 2 is 1.75 bits per heavy atom. The van der Waals surface area contributed by atoms with E-state index < -0.39 is 0 Å². The van der Waals surface area contributed by atoms with E-state index in [-0.39, 0.29) is 0 Å². The summed E-state index contributed by atoms with van der Waals surface area (Å²) < 4.78 is 0. The van der Waals surface area contributed by atoms with Crippen LogP contribution in [0.3, 0.4) is 0 Å². The number of rotatable bonds is 1. The second-order valence-electron chi connectivity index (χ2n) is 5.05. The molecule has 1 aliphatic heterocycles. The zero-order chi connectivity index (χ0) is 11.7. The largest absolute Gasteiger partial charge is 0.363 e. The van der Waals surface area contributed by atoms with Gasteiger partial charge >= 0.3 is 0 Å². The first-order valence-corrected chi connectivity index (χ1v) is 6.16. The summed E-state index contributed by atoms with van der Waals surface area (Å²) in [6.45, 7) is 11.1. The van der Waals surface area contributed by atoms with Crippen molar-refractivity contribution in [1.82, 2.24) is 5.32 Å². The van der Waals surface area contributed by atoms with Crippen molar-refractivity contribution in [3.05, 3.63) is 29.3 Å². The van der Waals surface area contributed by atoms with Crippen LogP contribution < -0.4 is 10.2 Å². The van der Waals surface area contributed by atoms with Gasteiger partial charge in [0.2, 0.25) is 0 Å². The number of hydrogen-bond acceptors (Lipinski definition) is 2. The zero-order valence-electron chi connectivity index (χ0n) is 10.7. The first kappa shape index (κ1) is 11.5. The Hall–Kier alpha value is -1.02. The molecule has 1 aliphatic rings. The quantitative estimate of drug-likeness (QED) is 0.779. The van der Waals surface area contributed by atoms with Crippen LogP contribution in [0.25, 0.3) is 0 Å². The van der Waals surface area contributed by atoms with E-state index in [1.807, 2.05) is 0 Å². The topological polar surface area (TPSA) is 15.3 Å². The first-order chi connectivity index (χ1) is 7.59. The average molecular weight is 218 g/mol. The number of aryl methyl sites for hydroxylation is 2. The molecule has 2 heteroatoms. The van der Waals surface area contributed by atoms with E-state index >= 15 is 0 Å². The molecule has 0 bridgehead atoms. The van der Waals surface area contributed by atoms with Crippen molar-refractivity contribution in [2.24, 2.45) is 0 Å². The minimum Gasteiger partial charge on any atom is -0.363 e. The van der Waals surface area contributed by atoms with Gasteiger partial charge in [0.1, 0.15) is 0 Å². The van der Waals surface area contributed by atoms with E-state index in [0.717, 1.165) is 13.1 Å². The van der Waals surface area contributed by atoms with E-state index in [0.29, 0.717) is 12.1 Å². The summed E-state index contributed by atoms with van der Waals surface area (Å²) in [4.78, 5) is 2.55. The molecule has 0 radical (unpaired) electrons. The van der Waals surface area contributed by atoms with Crippen LogP contribution in [-0.2, 0) is 0 Å². The van der Waals surface area contributed by atoms with Gasteiger partial charge in [0, 0.05) is 30.9 Å². The third kappa shape index (κ3) is 2.07. The minimum absolute atomic E-state index is 0.573. The number of nitrogens with one attached hydrogen (secondary N) is 1. The SMILES string of the molecule is Cc1ccc(C)c(N2C(C)CNCC2C)c1. The lowest BCUT2D eigenvalue weighted by molar-refractivity contribution is 0.431. The molecule has 1 aromatic carbocycles. The molecule has 0 amide bonds. The normalized spacial score (nSPS) is 25.9. The van der Waals surface area contributed by atoms with Crippen LogP contribution in [0, 0.1) is 13.8 Å². The summed E-state index contributed by atoms with van der Waals surface area (Å²) in [7, 11) is 0. The zero-order valence-corrected chi connectivity index (χ0v) is 10.7. The molecule has 0 aliphatic carbocycles. The number of benzene rings is 1. The van der Waals surface area contributed by atoms with Crippen molar-refractivity contribution in [2.75, 3.05) is 18.0 Å². The molecule has 1 saturated heterocycles. The molecule has 2 nitrogen and oxygen atoms in total. The van der Waals surface area contributed by atoms with Crippen molar-refractivity contribution < 1.29 is 0 Å². The van der Waals surface area contributed by atoms with E-state index in [9.17, 15) is 0 Å². The molecule has 2 unspecified atom stereocenters. The molecule has 0 spiro atoms. The Morgan fingerprint density at radius 1 is 1.12 bits per heavy atom. The molecule has 0 aromatic heterocycles. The van der Waals surface area contributed by atoms with Gasteiger partial charge in [-0.15, -0.1) is 0 Å². The number of hydrogen-bond donors (Lipinski definition) is 1. The highest BCUT2D eigenvalue weighted by Crippen LogP contribution is 2.26. The Morgan fingerprint density at radius 3 is 2.38 bits per heavy atom. The van der Waals surface area contributed by atoms with Gasteiger partial charge in [-0.25, -0.2) is 0 Å². The maximum absolute atomic E-state index is 3.48. The van der Waals surface area contributed by atoms with Gasteiger partial charge < -0.3 is 10.2 Å². The molecule has 88 valence electrons. The Labute approximate surface area is 98.7 Å². The summed E-state index contributed by atoms with van der Waals surface area (Å²) in [5, 5.41) is 3.48. The molecule has 0 saturated carbocycles. The molecule has 2 rings (SSSR count). The van der Waals surface area contributed by atoms with E-state index in [2.05, 4.69) is 56.1 Å². The van der Waals surface area contributed by atoms with E-state index in [4.69, 9.17) is 0 Å². The molecule has 2 atom stereocenters. The molecule has 1 heterocycles. The third-order valence-corrected chi connectivity index (χ3v) is 3.47. The Bertz CT molecular complexity index is 363. The maximum atomic E-state index is 3.48. The molecule has 1 fully saturated rings. The summed E-state index contributed by atoms with van der Waals surface area (Å²) in [6, 6.07) is 7.88. The van der Waals surface area contributed by atoms with Crippen LogP contribution >= 0.6 is 0 Å². The fourth-order valence-corrected chi connectivity index (χ4v) is 2.60. The highest BCUT2D eigenvalue weighted by molar-refractivity contribution is 5.56. The highest BCUT2D eigenvalue weighted by atomic mass is 15.2. The Balaban J connectivity index is 2.37. The van der Waals surface area contributed by atoms with Crippen molar-refractivity contribution in [3.63, 3.8) is 0 Å². The van der Waals surface area contributed by atoms with Crippen LogP contribution in [0.15, 0.2) is 18.2 Å². The number of piperazine rings is 1. The van der Waals surface area contributed by atoms with Gasteiger partial charge in [-0.3, -0.25) is 0 Å². The van der Waals surface area contributed by atoms with Gasteiger partial charge in [0.05, 0.1) is 0 Å². The predicted molar refractivity (Wildman–Crippen MR) is 70.2 cm³/mol. The lowest BCUT2D eigenvalue weighted by Crippen LogP contribution is -2.55. The molecular formula is C14H22N2. The van der Waals surface area contributed by atoms with Crippen molar-refractivity contribution in [1.29, 1.82) is 0 Å².